The van der Waals surface area contributed by atoms with Crippen LogP contribution in [0.2, 0.25) is 0 Å². The smallest absolute Gasteiger partial charge is 0.193 e. The number of Topliss-reactive ketones (excluding diaryl/α,β-unsaturated/α-hetero) is 1. The SMILES string of the molecule is Cc1nc(C(=O)C(C)C)sc1C. The van der Waals surface area contributed by atoms with Crippen LogP contribution in [0.3, 0.4) is 0 Å². The van der Waals surface area contributed by atoms with Gasteiger partial charge in [-0.2, -0.15) is 0 Å². The number of carbonyl (C=O) groups excluding carboxylic acids is 1. The zero-order valence-corrected chi connectivity index (χ0v) is 8.66. The lowest BCUT2D eigenvalue weighted by Crippen LogP contribution is -2.06. The first-order valence-corrected chi connectivity index (χ1v) is 4.82. The van der Waals surface area contributed by atoms with Crippen molar-refractivity contribution < 1.29 is 4.79 Å². The predicted octanol–water partition coefficient (Wildman–Crippen LogP) is 2.60. The van der Waals surface area contributed by atoms with E-state index in [1.165, 1.54) is 11.3 Å². The molecule has 1 aromatic rings. The van der Waals surface area contributed by atoms with Gasteiger partial charge in [0.15, 0.2) is 10.8 Å². The molecule has 0 bridgehead atoms. The Morgan fingerprint density at radius 2 is 2.00 bits per heavy atom. The van der Waals surface area contributed by atoms with Crippen LogP contribution in [-0.4, -0.2) is 10.8 Å². The lowest BCUT2D eigenvalue weighted by molar-refractivity contribution is 0.0939. The molecule has 3 heteroatoms. The highest BCUT2D eigenvalue weighted by molar-refractivity contribution is 7.13. The van der Waals surface area contributed by atoms with E-state index in [1.54, 1.807) is 0 Å². The molecule has 0 aromatic carbocycles. The number of ketones is 1. The highest BCUT2D eigenvalue weighted by atomic mass is 32.1. The second-order valence-corrected chi connectivity index (χ2v) is 4.38. The third-order valence-corrected chi connectivity index (χ3v) is 2.85. The molecule has 0 radical (unpaired) electrons. The van der Waals surface area contributed by atoms with Gasteiger partial charge in [0, 0.05) is 10.8 Å². The van der Waals surface area contributed by atoms with E-state index >= 15 is 0 Å². The summed E-state index contributed by atoms with van der Waals surface area (Å²) < 4.78 is 0. The van der Waals surface area contributed by atoms with Gasteiger partial charge in [-0.1, -0.05) is 13.8 Å². The van der Waals surface area contributed by atoms with Crippen molar-refractivity contribution in [1.82, 2.24) is 4.98 Å². The summed E-state index contributed by atoms with van der Waals surface area (Å²) in [7, 11) is 0. The summed E-state index contributed by atoms with van der Waals surface area (Å²) >= 11 is 1.49. The quantitative estimate of drug-likeness (QED) is 0.660. The highest BCUT2D eigenvalue weighted by Crippen LogP contribution is 2.19. The first-order valence-electron chi connectivity index (χ1n) is 4.00. The number of nitrogens with zero attached hydrogens (tertiary/aromatic N) is 1. The molecule has 0 fully saturated rings. The summed E-state index contributed by atoms with van der Waals surface area (Å²) in [5.41, 5.74) is 0.976. The van der Waals surface area contributed by atoms with Crippen LogP contribution >= 0.6 is 11.3 Å². The summed E-state index contributed by atoms with van der Waals surface area (Å²) in [6.07, 6.45) is 0. The third-order valence-electron chi connectivity index (χ3n) is 1.76. The maximum Gasteiger partial charge on any atom is 0.193 e. The monoisotopic (exact) mass is 183 g/mol. The van der Waals surface area contributed by atoms with Crippen LogP contribution < -0.4 is 0 Å². The number of thiazole rings is 1. The Balaban J connectivity index is 2.97. The molecule has 0 spiro atoms. The molecule has 0 N–H and O–H groups in total. The van der Waals surface area contributed by atoms with Gasteiger partial charge < -0.3 is 0 Å². The number of rotatable bonds is 2. The van der Waals surface area contributed by atoms with Crippen molar-refractivity contribution >= 4 is 17.1 Å². The van der Waals surface area contributed by atoms with Crippen molar-refractivity contribution in [2.24, 2.45) is 5.92 Å². The summed E-state index contributed by atoms with van der Waals surface area (Å²) in [5, 5.41) is 0.653. The van der Waals surface area contributed by atoms with Gasteiger partial charge in [0.25, 0.3) is 0 Å². The van der Waals surface area contributed by atoms with Crippen molar-refractivity contribution in [3.8, 4) is 0 Å². The number of aryl methyl sites for hydroxylation is 2. The van der Waals surface area contributed by atoms with Crippen molar-refractivity contribution in [3.05, 3.63) is 15.6 Å². The molecule has 0 unspecified atom stereocenters. The Bertz CT molecular complexity index is 282. The minimum atomic E-state index is 0.0509. The number of hydrogen-bond donors (Lipinski definition) is 0. The van der Waals surface area contributed by atoms with E-state index in [4.69, 9.17) is 0 Å². The number of carbonyl (C=O) groups is 1. The Kier molecular flexibility index (Phi) is 2.62. The normalized spacial score (nSPS) is 10.8. The molecule has 2 nitrogen and oxygen atoms in total. The van der Waals surface area contributed by atoms with Gasteiger partial charge in [-0.05, 0) is 13.8 Å². The first-order chi connectivity index (χ1) is 5.52. The average Bonchev–Trinajstić information content (AvgIpc) is 2.30. The molecule has 0 aliphatic carbocycles. The van der Waals surface area contributed by atoms with E-state index in [9.17, 15) is 4.79 Å². The van der Waals surface area contributed by atoms with Crippen LogP contribution in [0, 0.1) is 19.8 Å². The second-order valence-electron chi connectivity index (χ2n) is 3.18. The molecular formula is C9H13NOS. The molecule has 12 heavy (non-hydrogen) atoms. The van der Waals surface area contributed by atoms with Gasteiger partial charge in [-0.3, -0.25) is 4.79 Å². The molecule has 1 rings (SSSR count). The van der Waals surface area contributed by atoms with Gasteiger partial charge >= 0.3 is 0 Å². The van der Waals surface area contributed by atoms with Gasteiger partial charge in [0.1, 0.15) is 0 Å². The lowest BCUT2D eigenvalue weighted by Gasteiger charge is -1.97. The number of aromatic nitrogens is 1. The van der Waals surface area contributed by atoms with Gasteiger partial charge in [0.05, 0.1) is 5.69 Å². The fourth-order valence-corrected chi connectivity index (χ4v) is 1.83. The largest absolute Gasteiger partial charge is 0.291 e. The van der Waals surface area contributed by atoms with Gasteiger partial charge in [-0.15, -0.1) is 11.3 Å². The van der Waals surface area contributed by atoms with Crippen LogP contribution in [-0.2, 0) is 0 Å². The highest BCUT2D eigenvalue weighted by Gasteiger charge is 2.15. The minimum absolute atomic E-state index is 0.0509. The minimum Gasteiger partial charge on any atom is -0.291 e. The molecule has 0 aliphatic rings. The van der Waals surface area contributed by atoms with E-state index in [-0.39, 0.29) is 11.7 Å². The second kappa shape index (κ2) is 3.35. The lowest BCUT2D eigenvalue weighted by atomic mass is 10.1. The first kappa shape index (κ1) is 9.39. The summed E-state index contributed by atoms with van der Waals surface area (Å²) in [4.78, 5) is 16.8. The van der Waals surface area contributed by atoms with Crippen molar-refractivity contribution in [3.63, 3.8) is 0 Å². The van der Waals surface area contributed by atoms with Gasteiger partial charge in [-0.25, -0.2) is 4.98 Å². The van der Waals surface area contributed by atoms with Crippen LogP contribution in [0.1, 0.15) is 34.2 Å². The Labute approximate surface area is 76.6 Å². The standard InChI is InChI=1S/C9H13NOS/c1-5(2)8(11)9-10-6(3)7(4)12-9/h5H,1-4H3. The van der Waals surface area contributed by atoms with Crippen LogP contribution in [0.4, 0.5) is 0 Å². The van der Waals surface area contributed by atoms with E-state index in [2.05, 4.69) is 4.98 Å². The topological polar surface area (TPSA) is 30.0 Å². The fourth-order valence-electron chi connectivity index (χ4n) is 0.825. The van der Waals surface area contributed by atoms with E-state index < -0.39 is 0 Å². The Hall–Kier alpha value is -0.700. The molecule has 1 aromatic heterocycles. The summed E-state index contributed by atoms with van der Waals surface area (Å²) in [6, 6.07) is 0. The van der Waals surface area contributed by atoms with E-state index in [0.717, 1.165) is 10.6 Å². The zero-order chi connectivity index (χ0) is 9.30. The van der Waals surface area contributed by atoms with Crippen LogP contribution in [0.15, 0.2) is 0 Å². The van der Waals surface area contributed by atoms with E-state index in [0.29, 0.717) is 5.01 Å². The van der Waals surface area contributed by atoms with Crippen LogP contribution in [0.5, 0.6) is 0 Å². The van der Waals surface area contributed by atoms with E-state index in [1.807, 2.05) is 27.7 Å². The van der Waals surface area contributed by atoms with Gasteiger partial charge in [0.2, 0.25) is 0 Å². The fraction of sp³-hybridized carbons (Fsp3) is 0.556. The van der Waals surface area contributed by atoms with Crippen molar-refractivity contribution in [2.75, 3.05) is 0 Å². The van der Waals surface area contributed by atoms with Crippen molar-refractivity contribution in [2.45, 2.75) is 27.7 Å². The summed E-state index contributed by atoms with van der Waals surface area (Å²) in [6.45, 7) is 7.72. The maximum atomic E-state index is 11.5. The zero-order valence-electron chi connectivity index (χ0n) is 7.84. The Morgan fingerprint density at radius 3 is 2.33 bits per heavy atom. The average molecular weight is 183 g/mol. The molecule has 0 saturated carbocycles. The molecule has 0 amide bonds. The number of hydrogen-bond acceptors (Lipinski definition) is 3. The summed E-state index contributed by atoms with van der Waals surface area (Å²) in [5.74, 6) is 0.200. The predicted molar refractivity (Wildman–Crippen MR) is 50.8 cm³/mol. The Morgan fingerprint density at radius 1 is 1.42 bits per heavy atom. The molecule has 66 valence electrons. The molecule has 0 aliphatic heterocycles. The molecular weight excluding hydrogens is 170 g/mol. The molecule has 0 saturated heterocycles. The molecule has 1 heterocycles. The van der Waals surface area contributed by atoms with Crippen LogP contribution in [0.25, 0.3) is 0 Å². The maximum absolute atomic E-state index is 11.5. The van der Waals surface area contributed by atoms with Crippen molar-refractivity contribution in [1.29, 1.82) is 0 Å². The third kappa shape index (κ3) is 1.72. The molecule has 0 atom stereocenters.